The molecule has 2 aromatic rings. The quantitative estimate of drug-likeness (QED) is 0.760. The van der Waals surface area contributed by atoms with Gasteiger partial charge in [0.25, 0.3) is 0 Å². The summed E-state index contributed by atoms with van der Waals surface area (Å²) in [5.41, 5.74) is -0.333. The van der Waals surface area contributed by atoms with Crippen LogP contribution in [-0.4, -0.2) is 5.11 Å². The van der Waals surface area contributed by atoms with Gasteiger partial charge in [-0.3, -0.25) is 0 Å². The molecule has 2 rings (SSSR count). The molecule has 0 saturated heterocycles. The van der Waals surface area contributed by atoms with Gasteiger partial charge < -0.3 is 5.11 Å². The molecule has 0 amide bonds. The first kappa shape index (κ1) is 14.1. The molecule has 1 aromatic carbocycles. The lowest BCUT2D eigenvalue weighted by molar-refractivity contribution is 0.212. The summed E-state index contributed by atoms with van der Waals surface area (Å²) in [6.07, 6.45) is -1.31. The number of aliphatic hydroxyl groups excluding tert-OH is 1. The fraction of sp³-hybridized carbons (Fsp3) is 0.167. The molecule has 0 aliphatic rings. The van der Waals surface area contributed by atoms with E-state index in [9.17, 15) is 13.9 Å². The summed E-state index contributed by atoms with van der Waals surface area (Å²) in [7, 11) is 0. The molecule has 0 fully saturated rings. The highest BCUT2D eigenvalue weighted by Gasteiger charge is 2.23. The van der Waals surface area contributed by atoms with Gasteiger partial charge in [-0.05, 0) is 41.1 Å². The average Bonchev–Trinajstić information content (AvgIpc) is 2.56. The molecule has 96 valence electrons. The number of benzene rings is 1. The van der Waals surface area contributed by atoms with Crippen molar-refractivity contribution in [3.8, 4) is 0 Å². The summed E-state index contributed by atoms with van der Waals surface area (Å²) in [5, 5.41) is 10.1. The van der Waals surface area contributed by atoms with Crippen molar-refractivity contribution in [2.45, 2.75) is 13.0 Å². The van der Waals surface area contributed by atoms with Crippen LogP contribution in [0.4, 0.5) is 8.78 Å². The molecule has 1 nitrogen and oxygen atoms in total. The van der Waals surface area contributed by atoms with Crippen molar-refractivity contribution in [1.29, 1.82) is 0 Å². The number of thiophene rings is 1. The van der Waals surface area contributed by atoms with Gasteiger partial charge in [-0.2, -0.15) is 0 Å². The normalized spacial score (nSPS) is 12.8. The van der Waals surface area contributed by atoms with Gasteiger partial charge in [-0.1, -0.05) is 15.9 Å². The fourth-order valence-corrected chi connectivity index (χ4v) is 3.90. The van der Waals surface area contributed by atoms with Gasteiger partial charge in [0.05, 0.1) is 10.4 Å². The topological polar surface area (TPSA) is 20.2 Å². The van der Waals surface area contributed by atoms with Gasteiger partial charge >= 0.3 is 0 Å². The minimum Gasteiger partial charge on any atom is -0.383 e. The second-order valence-electron chi connectivity index (χ2n) is 3.75. The van der Waals surface area contributed by atoms with Gasteiger partial charge in [-0.25, -0.2) is 8.78 Å². The van der Waals surface area contributed by atoms with Gasteiger partial charge in [0.15, 0.2) is 0 Å². The van der Waals surface area contributed by atoms with E-state index < -0.39 is 17.7 Å². The largest absolute Gasteiger partial charge is 0.383 e. The average molecular weight is 398 g/mol. The maximum Gasteiger partial charge on any atom is 0.133 e. The third-order valence-electron chi connectivity index (χ3n) is 2.40. The molecule has 0 aliphatic heterocycles. The first-order valence-electron chi connectivity index (χ1n) is 4.98. The molecule has 0 radical (unpaired) electrons. The van der Waals surface area contributed by atoms with E-state index in [1.54, 1.807) is 6.07 Å². The van der Waals surface area contributed by atoms with E-state index >= 15 is 0 Å². The van der Waals surface area contributed by atoms with Gasteiger partial charge in [-0.15, -0.1) is 11.3 Å². The summed E-state index contributed by atoms with van der Waals surface area (Å²) < 4.78 is 28.4. The molecular formula is C12H8Br2F2OS. The van der Waals surface area contributed by atoms with Crippen molar-refractivity contribution in [2.75, 3.05) is 0 Å². The maximum atomic E-state index is 13.7. The summed E-state index contributed by atoms with van der Waals surface area (Å²) >= 11 is 7.57. The third-order valence-corrected chi connectivity index (χ3v) is 4.88. The van der Waals surface area contributed by atoms with Crippen LogP contribution in [0.1, 0.15) is 21.4 Å². The van der Waals surface area contributed by atoms with Crippen LogP contribution in [0, 0.1) is 18.6 Å². The van der Waals surface area contributed by atoms with Crippen LogP contribution >= 0.6 is 43.2 Å². The van der Waals surface area contributed by atoms with Gasteiger partial charge in [0.2, 0.25) is 0 Å². The van der Waals surface area contributed by atoms with E-state index in [0.29, 0.717) is 13.8 Å². The Morgan fingerprint density at radius 2 is 1.72 bits per heavy atom. The molecule has 1 unspecified atom stereocenters. The first-order chi connectivity index (χ1) is 8.40. The standard InChI is InChI=1S/C12H8Br2F2OS/c1-5-2-7(14)12(18-5)11(17)10-8(15)3-6(13)4-9(10)16/h2-4,11,17H,1H3. The zero-order valence-electron chi connectivity index (χ0n) is 9.18. The Morgan fingerprint density at radius 3 is 2.17 bits per heavy atom. The highest BCUT2D eigenvalue weighted by Crippen LogP contribution is 2.37. The minimum atomic E-state index is -1.31. The zero-order chi connectivity index (χ0) is 13.4. The molecule has 6 heteroatoms. The van der Waals surface area contributed by atoms with Crippen LogP contribution in [0.3, 0.4) is 0 Å². The van der Waals surface area contributed by atoms with Crippen LogP contribution < -0.4 is 0 Å². The molecule has 0 saturated carbocycles. The van der Waals surface area contributed by atoms with E-state index in [1.807, 2.05) is 6.92 Å². The van der Waals surface area contributed by atoms with Crippen molar-refractivity contribution < 1.29 is 13.9 Å². The number of aliphatic hydroxyl groups is 1. The number of aryl methyl sites for hydroxylation is 1. The molecule has 1 aromatic heterocycles. The van der Waals surface area contributed by atoms with E-state index in [1.165, 1.54) is 11.3 Å². The van der Waals surface area contributed by atoms with Crippen LogP contribution in [0.2, 0.25) is 0 Å². The Balaban J connectivity index is 2.52. The summed E-state index contributed by atoms with van der Waals surface area (Å²) in [6, 6.07) is 4.07. The number of rotatable bonds is 2. The van der Waals surface area contributed by atoms with E-state index in [4.69, 9.17) is 0 Å². The smallest absolute Gasteiger partial charge is 0.133 e. The number of halogens is 4. The van der Waals surface area contributed by atoms with E-state index in [-0.39, 0.29) is 5.56 Å². The Hall–Kier alpha value is -0.300. The lowest BCUT2D eigenvalue weighted by Gasteiger charge is -2.12. The third kappa shape index (κ3) is 2.66. The van der Waals surface area contributed by atoms with Crippen LogP contribution in [0.25, 0.3) is 0 Å². The Bertz CT molecular complexity index is 575. The second-order valence-corrected chi connectivity index (χ2v) is 6.81. The summed E-state index contributed by atoms with van der Waals surface area (Å²) in [5.74, 6) is -1.54. The first-order valence-corrected chi connectivity index (χ1v) is 7.38. The summed E-state index contributed by atoms with van der Waals surface area (Å²) in [4.78, 5) is 1.45. The lowest BCUT2D eigenvalue weighted by Crippen LogP contribution is -2.05. The van der Waals surface area contributed by atoms with Crippen molar-refractivity contribution in [3.05, 3.63) is 54.1 Å². The monoisotopic (exact) mass is 396 g/mol. The molecule has 1 heterocycles. The molecule has 1 N–H and O–H groups in total. The number of hydrogen-bond acceptors (Lipinski definition) is 2. The molecule has 0 aliphatic carbocycles. The molecule has 0 bridgehead atoms. The Kier molecular flexibility index (Phi) is 4.21. The predicted octanol–water partition coefficient (Wildman–Crippen LogP) is 4.94. The molecule has 18 heavy (non-hydrogen) atoms. The van der Waals surface area contributed by atoms with Crippen molar-refractivity contribution in [3.63, 3.8) is 0 Å². The van der Waals surface area contributed by atoms with E-state index in [2.05, 4.69) is 31.9 Å². The molecule has 0 spiro atoms. The predicted molar refractivity (Wildman–Crippen MR) is 74.9 cm³/mol. The SMILES string of the molecule is Cc1cc(Br)c(C(O)c2c(F)cc(Br)cc2F)s1. The highest BCUT2D eigenvalue weighted by atomic mass is 79.9. The van der Waals surface area contributed by atoms with Crippen LogP contribution in [0.15, 0.2) is 27.1 Å². The summed E-state index contributed by atoms with van der Waals surface area (Å²) in [6.45, 7) is 1.86. The van der Waals surface area contributed by atoms with Crippen LogP contribution in [0.5, 0.6) is 0 Å². The molecular weight excluding hydrogens is 390 g/mol. The van der Waals surface area contributed by atoms with E-state index in [0.717, 1.165) is 17.0 Å². The lowest BCUT2D eigenvalue weighted by atomic mass is 10.1. The van der Waals surface area contributed by atoms with Gasteiger partial charge in [0.1, 0.15) is 17.7 Å². The number of hydrogen-bond donors (Lipinski definition) is 1. The highest BCUT2D eigenvalue weighted by molar-refractivity contribution is 9.10. The molecule has 1 atom stereocenters. The van der Waals surface area contributed by atoms with Crippen molar-refractivity contribution in [2.24, 2.45) is 0 Å². The minimum absolute atomic E-state index is 0.301. The van der Waals surface area contributed by atoms with Gasteiger partial charge in [0, 0.05) is 13.8 Å². The van der Waals surface area contributed by atoms with Crippen LogP contribution in [-0.2, 0) is 0 Å². The maximum absolute atomic E-state index is 13.7. The zero-order valence-corrected chi connectivity index (χ0v) is 13.2. The Morgan fingerprint density at radius 1 is 1.17 bits per heavy atom. The fourth-order valence-electron chi connectivity index (χ4n) is 1.63. The Labute approximate surface area is 124 Å². The van der Waals surface area contributed by atoms with Crippen molar-refractivity contribution >= 4 is 43.2 Å². The van der Waals surface area contributed by atoms with Crippen molar-refractivity contribution in [1.82, 2.24) is 0 Å². The second kappa shape index (κ2) is 5.36.